The fraction of sp³-hybridized carbons (Fsp3) is 0.231. The van der Waals surface area contributed by atoms with Crippen molar-refractivity contribution < 1.29 is 0 Å². The summed E-state index contributed by atoms with van der Waals surface area (Å²) in [5, 5.41) is 4.59. The summed E-state index contributed by atoms with van der Waals surface area (Å²) in [5.74, 6) is 0.684. The van der Waals surface area contributed by atoms with Gasteiger partial charge in [-0.1, -0.05) is 61.5 Å². The van der Waals surface area contributed by atoms with Crippen LogP contribution in [0.15, 0.2) is 66.9 Å². The van der Waals surface area contributed by atoms with Gasteiger partial charge in [0.1, 0.15) is 5.52 Å². The molecule has 6 rings (SSSR count). The Morgan fingerprint density at radius 3 is 2.34 bits per heavy atom. The summed E-state index contributed by atoms with van der Waals surface area (Å²) in [4.78, 5) is 14.6. The molecule has 6 nitrogen and oxygen atoms in total. The molecule has 3 aromatic heterocycles. The molecule has 0 saturated heterocycles. The Morgan fingerprint density at radius 1 is 0.938 bits per heavy atom. The number of fused-ring (bicyclic) bond motifs is 3. The van der Waals surface area contributed by atoms with E-state index in [2.05, 4.69) is 53.4 Å². The molecule has 5 aromatic rings. The first-order chi connectivity index (χ1) is 15.5. The summed E-state index contributed by atoms with van der Waals surface area (Å²) in [5.41, 5.74) is 14.3. The molecule has 2 aromatic carbocycles. The van der Waals surface area contributed by atoms with Crippen molar-refractivity contribution in [3.8, 4) is 22.5 Å². The van der Waals surface area contributed by atoms with Crippen molar-refractivity contribution in [1.82, 2.24) is 24.6 Å². The van der Waals surface area contributed by atoms with Gasteiger partial charge in [0, 0.05) is 22.7 Å². The maximum absolute atomic E-state index is 6.62. The van der Waals surface area contributed by atoms with Crippen LogP contribution in [-0.4, -0.2) is 24.6 Å². The molecule has 0 bridgehead atoms. The highest BCUT2D eigenvalue weighted by Crippen LogP contribution is 2.43. The lowest BCUT2D eigenvalue weighted by Gasteiger charge is -2.44. The topological polar surface area (TPSA) is 82.0 Å². The molecule has 0 amide bonds. The summed E-state index contributed by atoms with van der Waals surface area (Å²) in [6.07, 6.45) is 3.83. The van der Waals surface area contributed by atoms with E-state index in [1.165, 1.54) is 5.56 Å². The van der Waals surface area contributed by atoms with E-state index in [-0.39, 0.29) is 5.54 Å². The lowest BCUT2D eigenvalue weighted by molar-refractivity contribution is 0.164. The maximum Gasteiger partial charge on any atom is 0.184 e. The number of nitrogens with two attached hydrogens (primary N) is 1. The van der Waals surface area contributed by atoms with Crippen molar-refractivity contribution in [2.75, 3.05) is 0 Å². The second-order valence-electron chi connectivity index (χ2n) is 9.06. The number of aromatic nitrogens is 5. The Bertz CT molecular complexity index is 1450. The van der Waals surface area contributed by atoms with E-state index in [1.54, 1.807) is 10.7 Å². The van der Waals surface area contributed by atoms with Gasteiger partial charge >= 0.3 is 0 Å². The number of benzene rings is 2. The average molecular weight is 421 g/mol. The van der Waals surface area contributed by atoms with Gasteiger partial charge in [-0.2, -0.15) is 9.61 Å². The molecule has 0 unspecified atom stereocenters. The lowest BCUT2D eigenvalue weighted by atomic mass is 9.66. The third kappa shape index (κ3) is 2.99. The minimum atomic E-state index is -0.209. The predicted octanol–water partition coefficient (Wildman–Crippen LogP) is 4.90. The third-order valence-corrected chi connectivity index (χ3v) is 6.44. The molecular formula is C26H24N6. The van der Waals surface area contributed by atoms with Gasteiger partial charge in [0.25, 0.3) is 0 Å². The SMILES string of the molecule is Cc1cc2ncc3nc(-c4ccccc4)c(-c4ccc(C5(N)CC(C)C5)cc4)nc3n2n1. The van der Waals surface area contributed by atoms with Crippen LogP contribution in [0.25, 0.3) is 39.3 Å². The monoisotopic (exact) mass is 420 g/mol. The van der Waals surface area contributed by atoms with Gasteiger partial charge in [-0.15, -0.1) is 0 Å². The summed E-state index contributed by atoms with van der Waals surface area (Å²) in [7, 11) is 0. The normalized spacial score (nSPS) is 20.5. The van der Waals surface area contributed by atoms with Gasteiger partial charge in [-0.05, 0) is 31.2 Å². The Morgan fingerprint density at radius 2 is 1.62 bits per heavy atom. The standard InChI is InChI=1S/C26H24N6/c1-16-13-26(27,14-16)20-10-8-19(9-11-20)24-23(18-6-4-3-5-7-18)29-21-15-28-22-12-17(2)31-32(22)25(21)30-24/h3-12,15-16H,13-14,27H2,1-2H3. The molecule has 1 aliphatic carbocycles. The first-order valence-corrected chi connectivity index (χ1v) is 11.0. The summed E-state index contributed by atoms with van der Waals surface area (Å²) < 4.78 is 1.77. The average Bonchev–Trinajstić information content (AvgIpc) is 3.19. The van der Waals surface area contributed by atoms with Crippen LogP contribution < -0.4 is 5.73 Å². The number of rotatable bonds is 3. The van der Waals surface area contributed by atoms with Crippen LogP contribution in [-0.2, 0) is 5.54 Å². The molecule has 158 valence electrons. The molecular weight excluding hydrogens is 396 g/mol. The van der Waals surface area contributed by atoms with Crippen molar-refractivity contribution in [2.24, 2.45) is 11.7 Å². The van der Waals surface area contributed by atoms with Crippen LogP contribution in [0.2, 0.25) is 0 Å². The van der Waals surface area contributed by atoms with E-state index in [0.717, 1.165) is 46.7 Å². The highest BCUT2D eigenvalue weighted by atomic mass is 15.3. The zero-order valence-corrected chi connectivity index (χ0v) is 18.2. The molecule has 1 saturated carbocycles. The third-order valence-electron chi connectivity index (χ3n) is 6.44. The van der Waals surface area contributed by atoms with Crippen molar-refractivity contribution in [3.63, 3.8) is 0 Å². The van der Waals surface area contributed by atoms with Gasteiger partial charge in [0.05, 0.1) is 23.3 Å². The van der Waals surface area contributed by atoms with E-state index in [1.807, 2.05) is 31.2 Å². The molecule has 0 spiro atoms. The number of nitrogens with zero attached hydrogens (tertiary/aromatic N) is 5. The number of aryl methyl sites for hydroxylation is 1. The maximum atomic E-state index is 6.62. The van der Waals surface area contributed by atoms with Gasteiger partial charge in [0.2, 0.25) is 0 Å². The van der Waals surface area contributed by atoms with Crippen molar-refractivity contribution in [2.45, 2.75) is 32.2 Å². The Balaban J connectivity index is 1.56. The fourth-order valence-corrected chi connectivity index (χ4v) is 4.92. The van der Waals surface area contributed by atoms with Crippen LogP contribution in [0.4, 0.5) is 0 Å². The molecule has 3 heterocycles. The van der Waals surface area contributed by atoms with Gasteiger partial charge in [0.15, 0.2) is 11.3 Å². The van der Waals surface area contributed by atoms with Crippen molar-refractivity contribution >= 4 is 16.8 Å². The predicted molar refractivity (Wildman–Crippen MR) is 126 cm³/mol. The van der Waals surface area contributed by atoms with Crippen LogP contribution in [0.3, 0.4) is 0 Å². The highest BCUT2D eigenvalue weighted by molar-refractivity contribution is 5.85. The van der Waals surface area contributed by atoms with E-state index in [0.29, 0.717) is 17.1 Å². The van der Waals surface area contributed by atoms with Gasteiger partial charge in [-0.25, -0.2) is 15.0 Å². The molecule has 6 heteroatoms. The zero-order chi connectivity index (χ0) is 21.9. The Labute approximate surface area is 186 Å². The molecule has 0 aliphatic heterocycles. The van der Waals surface area contributed by atoms with Crippen molar-refractivity contribution in [1.29, 1.82) is 0 Å². The van der Waals surface area contributed by atoms with E-state index >= 15 is 0 Å². The highest BCUT2D eigenvalue weighted by Gasteiger charge is 2.39. The molecule has 0 radical (unpaired) electrons. The lowest BCUT2D eigenvalue weighted by Crippen LogP contribution is -2.47. The van der Waals surface area contributed by atoms with Gasteiger partial charge in [-0.3, -0.25) is 0 Å². The molecule has 32 heavy (non-hydrogen) atoms. The molecule has 2 N–H and O–H groups in total. The van der Waals surface area contributed by atoms with E-state index in [4.69, 9.17) is 15.7 Å². The number of hydrogen-bond donors (Lipinski definition) is 1. The minimum absolute atomic E-state index is 0.209. The smallest absolute Gasteiger partial charge is 0.184 e. The Kier molecular flexibility index (Phi) is 4.13. The Hall–Kier alpha value is -3.64. The van der Waals surface area contributed by atoms with E-state index < -0.39 is 0 Å². The van der Waals surface area contributed by atoms with E-state index in [9.17, 15) is 0 Å². The van der Waals surface area contributed by atoms with Gasteiger partial charge < -0.3 is 5.73 Å². The first-order valence-electron chi connectivity index (χ1n) is 11.0. The molecule has 0 atom stereocenters. The number of hydrogen-bond acceptors (Lipinski definition) is 5. The quantitative estimate of drug-likeness (QED) is 0.449. The van der Waals surface area contributed by atoms with Crippen LogP contribution >= 0.6 is 0 Å². The van der Waals surface area contributed by atoms with Crippen LogP contribution in [0, 0.1) is 12.8 Å². The van der Waals surface area contributed by atoms with Crippen LogP contribution in [0.1, 0.15) is 31.0 Å². The largest absolute Gasteiger partial charge is 0.321 e. The molecule has 1 aliphatic rings. The summed E-state index contributed by atoms with van der Waals surface area (Å²) >= 11 is 0. The zero-order valence-electron chi connectivity index (χ0n) is 18.2. The van der Waals surface area contributed by atoms with Crippen LogP contribution in [0.5, 0.6) is 0 Å². The first kappa shape index (κ1) is 19.1. The van der Waals surface area contributed by atoms with Crippen molar-refractivity contribution in [3.05, 3.63) is 78.1 Å². The minimum Gasteiger partial charge on any atom is -0.321 e. The summed E-state index contributed by atoms with van der Waals surface area (Å²) in [6, 6.07) is 20.6. The second-order valence-corrected chi connectivity index (χ2v) is 9.06. The second kappa shape index (κ2) is 6.93. The molecule has 1 fully saturated rings. The summed E-state index contributed by atoms with van der Waals surface area (Å²) in [6.45, 7) is 4.21. The fourth-order valence-electron chi connectivity index (χ4n) is 4.92.